The monoisotopic (exact) mass is 439 g/mol. The summed E-state index contributed by atoms with van der Waals surface area (Å²) in [5.41, 5.74) is 0.759. The van der Waals surface area contributed by atoms with Crippen LogP contribution in [0, 0.1) is 0 Å². The highest BCUT2D eigenvalue weighted by atomic mass is 79.9. The molecule has 0 aliphatic rings. The van der Waals surface area contributed by atoms with E-state index in [1.54, 1.807) is 19.2 Å². The summed E-state index contributed by atoms with van der Waals surface area (Å²) in [7, 11) is 1.60. The molecule has 1 heterocycles. The van der Waals surface area contributed by atoms with E-state index in [2.05, 4.69) is 36.8 Å². The fourth-order valence-electron chi connectivity index (χ4n) is 1.48. The van der Waals surface area contributed by atoms with Crippen LogP contribution in [0.2, 0.25) is 10.3 Å². The predicted molar refractivity (Wildman–Crippen MR) is 87.0 cm³/mol. The molecular formula is C13H9Br2Cl2NO2. The van der Waals surface area contributed by atoms with E-state index in [0.717, 1.165) is 20.3 Å². The van der Waals surface area contributed by atoms with E-state index in [-0.39, 0.29) is 0 Å². The summed E-state index contributed by atoms with van der Waals surface area (Å²) in [6, 6.07) is 7.09. The third kappa shape index (κ3) is 3.79. The largest absolute Gasteiger partial charge is 0.496 e. The molecule has 106 valence electrons. The Morgan fingerprint density at radius 3 is 2.40 bits per heavy atom. The number of pyridine rings is 1. The van der Waals surface area contributed by atoms with Gasteiger partial charge in [-0.05, 0) is 56.1 Å². The molecule has 0 aliphatic heterocycles. The zero-order valence-electron chi connectivity index (χ0n) is 10.3. The molecule has 2 aromatic rings. The number of methoxy groups -OCH3 is 1. The molecule has 3 nitrogen and oxygen atoms in total. The van der Waals surface area contributed by atoms with E-state index >= 15 is 0 Å². The highest BCUT2D eigenvalue weighted by Crippen LogP contribution is 2.36. The molecular weight excluding hydrogens is 433 g/mol. The number of hydrogen-bond acceptors (Lipinski definition) is 3. The average Bonchev–Trinajstić information content (AvgIpc) is 2.41. The van der Waals surface area contributed by atoms with Crippen molar-refractivity contribution >= 4 is 55.1 Å². The first-order valence-electron chi connectivity index (χ1n) is 5.48. The number of aromatic nitrogens is 1. The van der Waals surface area contributed by atoms with Crippen LogP contribution in [-0.4, -0.2) is 12.1 Å². The zero-order chi connectivity index (χ0) is 14.7. The van der Waals surface area contributed by atoms with Crippen molar-refractivity contribution in [1.29, 1.82) is 0 Å². The molecule has 0 radical (unpaired) electrons. The third-order valence-corrected chi connectivity index (χ3v) is 4.26. The van der Waals surface area contributed by atoms with Gasteiger partial charge >= 0.3 is 0 Å². The van der Waals surface area contributed by atoms with Gasteiger partial charge < -0.3 is 9.47 Å². The molecule has 0 saturated carbocycles. The maximum atomic E-state index is 6.00. The lowest BCUT2D eigenvalue weighted by Gasteiger charge is -2.11. The smallest absolute Gasteiger partial charge is 0.137 e. The van der Waals surface area contributed by atoms with Gasteiger partial charge in [0, 0.05) is 5.56 Å². The summed E-state index contributed by atoms with van der Waals surface area (Å²) in [6.07, 6.45) is 0. The Bertz CT molecular complexity index is 638. The zero-order valence-corrected chi connectivity index (χ0v) is 15.0. The molecule has 0 aliphatic carbocycles. The van der Waals surface area contributed by atoms with Crippen LogP contribution >= 0.6 is 55.1 Å². The maximum Gasteiger partial charge on any atom is 0.137 e. The van der Waals surface area contributed by atoms with Gasteiger partial charge in [-0.15, -0.1) is 0 Å². The van der Waals surface area contributed by atoms with Crippen molar-refractivity contribution in [3.05, 3.63) is 49.1 Å². The fraction of sp³-hybridized carbons (Fsp3) is 0.154. The second kappa shape index (κ2) is 6.98. The Balaban J connectivity index is 2.16. The number of rotatable bonds is 4. The van der Waals surface area contributed by atoms with Crippen molar-refractivity contribution in [3.63, 3.8) is 0 Å². The second-order valence-corrected chi connectivity index (χ2v) is 6.24. The number of benzene rings is 1. The molecule has 0 unspecified atom stereocenters. The van der Waals surface area contributed by atoms with Gasteiger partial charge in [0.2, 0.25) is 0 Å². The van der Waals surface area contributed by atoms with Gasteiger partial charge in [0.15, 0.2) is 0 Å². The Morgan fingerprint density at radius 1 is 1.10 bits per heavy atom. The van der Waals surface area contributed by atoms with Crippen LogP contribution in [0.5, 0.6) is 11.5 Å². The molecule has 7 heteroatoms. The fourth-order valence-corrected chi connectivity index (χ4v) is 2.80. The highest BCUT2D eigenvalue weighted by molar-refractivity contribution is 9.11. The van der Waals surface area contributed by atoms with Crippen LogP contribution < -0.4 is 9.47 Å². The second-order valence-electron chi connectivity index (χ2n) is 3.79. The van der Waals surface area contributed by atoms with E-state index in [9.17, 15) is 0 Å². The Morgan fingerprint density at radius 2 is 1.75 bits per heavy atom. The first-order chi connectivity index (χ1) is 9.51. The van der Waals surface area contributed by atoms with E-state index in [0.29, 0.717) is 22.7 Å². The van der Waals surface area contributed by atoms with Gasteiger partial charge in [0.25, 0.3) is 0 Å². The number of ether oxygens (including phenoxy) is 2. The van der Waals surface area contributed by atoms with E-state index in [4.69, 9.17) is 32.7 Å². The molecule has 2 rings (SSSR count). The first kappa shape index (κ1) is 15.9. The summed E-state index contributed by atoms with van der Waals surface area (Å²) in [4.78, 5) is 3.96. The molecule has 0 N–H and O–H groups in total. The molecule has 1 aromatic heterocycles. The molecule has 0 amide bonds. The number of nitrogens with zero attached hydrogens (tertiary/aromatic N) is 1. The Kier molecular flexibility index (Phi) is 5.55. The van der Waals surface area contributed by atoms with Crippen molar-refractivity contribution in [2.24, 2.45) is 0 Å². The van der Waals surface area contributed by atoms with E-state index in [1.807, 2.05) is 12.1 Å². The van der Waals surface area contributed by atoms with E-state index < -0.39 is 0 Å². The van der Waals surface area contributed by atoms with Crippen molar-refractivity contribution in [2.45, 2.75) is 6.61 Å². The Hall–Kier alpha value is -0.490. The normalized spacial score (nSPS) is 10.4. The van der Waals surface area contributed by atoms with Crippen molar-refractivity contribution in [3.8, 4) is 11.5 Å². The van der Waals surface area contributed by atoms with Crippen LogP contribution in [0.3, 0.4) is 0 Å². The average molecular weight is 442 g/mol. The molecule has 20 heavy (non-hydrogen) atoms. The lowest BCUT2D eigenvalue weighted by molar-refractivity contribution is 0.302. The minimum Gasteiger partial charge on any atom is -0.496 e. The SMILES string of the molecule is COc1cc(Br)c(OCc2ccc(Cl)nc2Cl)cc1Br. The summed E-state index contributed by atoms with van der Waals surface area (Å²) in [5, 5.41) is 0.688. The summed E-state index contributed by atoms with van der Waals surface area (Å²) >= 11 is 18.6. The first-order valence-corrected chi connectivity index (χ1v) is 7.82. The van der Waals surface area contributed by atoms with Crippen LogP contribution in [0.4, 0.5) is 0 Å². The molecule has 0 saturated heterocycles. The standard InChI is InChI=1S/C13H9Br2Cl2NO2/c1-19-10-4-9(15)11(5-8(10)14)20-6-7-2-3-12(16)18-13(7)17/h2-5H,6H2,1H3. The Labute approximate surface area is 143 Å². The molecule has 0 bridgehead atoms. The molecule has 0 fully saturated rings. The number of hydrogen-bond donors (Lipinski definition) is 0. The van der Waals surface area contributed by atoms with Crippen LogP contribution in [0.15, 0.2) is 33.2 Å². The van der Waals surface area contributed by atoms with Crippen molar-refractivity contribution in [1.82, 2.24) is 4.98 Å². The lowest BCUT2D eigenvalue weighted by Crippen LogP contribution is -1.99. The lowest BCUT2D eigenvalue weighted by atomic mass is 10.3. The summed E-state index contributed by atoms with van der Waals surface area (Å²) < 4.78 is 12.5. The summed E-state index contributed by atoms with van der Waals surface area (Å²) in [6.45, 7) is 0.292. The van der Waals surface area contributed by atoms with Crippen molar-refractivity contribution < 1.29 is 9.47 Å². The van der Waals surface area contributed by atoms with Crippen LogP contribution in [0.1, 0.15) is 5.56 Å². The molecule has 1 aromatic carbocycles. The van der Waals surface area contributed by atoms with Gasteiger partial charge in [-0.2, -0.15) is 0 Å². The quantitative estimate of drug-likeness (QED) is 0.587. The highest BCUT2D eigenvalue weighted by Gasteiger charge is 2.10. The molecule has 0 spiro atoms. The third-order valence-electron chi connectivity index (χ3n) is 2.48. The predicted octanol–water partition coefficient (Wildman–Crippen LogP) is 5.50. The minimum absolute atomic E-state index is 0.292. The van der Waals surface area contributed by atoms with Gasteiger partial charge in [-0.3, -0.25) is 0 Å². The van der Waals surface area contributed by atoms with Gasteiger partial charge in [0.05, 0.1) is 16.1 Å². The van der Waals surface area contributed by atoms with Crippen LogP contribution in [0.25, 0.3) is 0 Å². The van der Waals surface area contributed by atoms with Crippen molar-refractivity contribution in [2.75, 3.05) is 7.11 Å². The van der Waals surface area contributed by atoms with Gasteiger partial charge in [-0.1, -0.05) is 23.2 Å². The number of halogens is 4. The van der Waals surface area contributed by atoms with Crippen LogP contribution in [-0.2, 0) is 6.61 Å². The molecule has 0 atom stereocenters. The topological polar surface area (TPSA) is 31.4 Å². The van der Waals surface area contributed by atoms with E-state index in [1.165, 1.54) is 0 Å². The minimum atomic E-state index is 0.292. The maximum absolute atomic E-state index is 6.00. The summed E-state index contributed by atoms with van der Waals surface area (Å²) in [5.74, 6) is 1.39. The van der Waals surface area contributed by atoms with Gasteiger partial charge in [-0.25, -0.2) is 4.98 Å². The van der Waals surface area contributed by atoms with Gasteiger partial charge in [0.1, 0.15) is 28.4 Å².